The SMILES string of the molecule is CC(C)(C)c1ccc(C(O)CNC(=O)c2ccnnc2)cc1. The van der Waals surface area contributed by atoms with Crippen molar-refractivity contribution in [2.45, 2.75) is 32.3 Å². The molecule has 1 aromatic carbocycles. The molecule has 2 N–H and O–H groups in total. The number of benzene rings is 1. The van der Waals surface area contributed by atoms with E-state index >= 15 is 0 Å². The fraction of sp³-hybridized carbons (Fsp3) is 0.353. The van der Waals surface area contributed by atoms with Gasteiger partial charge in [-0.2, -0.15) is 10.2 Å². The lowest BCUT2D eigenvalue weighted by molar-refractivity contribution is 0.0915. The fourth-order valence-electron chi connectivity index (χ4n) is 2.04. The highest BCUT2D eigenvalue weighted by Gasteiger charge is 2.15. The maximum absolute atomic E-state index is 11.9. The number of aromatic nitrogens is 2. The maximum atomic E-state index is 11.9. The minimum Gasteiger partial charge on any atom is -0.387 e. The lowest BCUT2D eigenvalue weighted by Gasteiger charge is -2.20. The van der Waals surface area contributed by atoms with Crippen molar-refractivity contribution < 1.29 is 9.90 Å². The van der Waals surface area contributed by atoms with Crippen LogP contribution in [0.4, 0.5) is 0 Å². The Kier molecular flexibility index (Phi) is 4.88. The highest BCUT2D eigenvalue weighted by molar-refractivity contribution is 5.93. The van der Waals surface area contributed by atoms with Crippen LogP contribution in [0.15, 0.2) is 42.7 Å². The average molecular weight is 299 g/mol. The van der Waals surface area contributed by atoms with E-state index in [9.17, 15) is 9.90 Å². The van der Waals surface area contributed by atoms with Crippen LogP contribution < -0.4 is 5.32 Å². The second kappa shape index (κ2) is 6.66. The first kappa shape index (κ1) is 16.1. The zero-order valence-corrected chi connectivity index (χ0v) is 13.1. The summed E-state index contributed by atoms with van der Waals surface area (Å²) < 4.78 is 0. The summed E-state index contributed by atoms with van der Waals surface area (Å²) in [7, 11) is 0. The number of nitrogens with one attached hydrogen (secondary N) is 1. The van der Waals surface area contributed by atoms with Gasteiger partial charge in [-0.3, -0.25) is 4.79 Å². The third-order valence-corrected chi connectivity index (χ3v) is 3.46. The van der Waals surface area contributed by atoms with Gasteiger partial charge >= 0.3 is 0 Å². The first-order valence-corrected chi connectivity index (χ1v) is 7.21. The first-order chi connectivity index (χ1) is 10.4. The minimum atomic E-state index is -0.743. The van der Waals surface area contributed by atoms with Gasteiger partial charge < -0.3 is 10.4 Å². The van der Waals surface area contributed by atoms with Gasteiger partial charge in [0.25, 0.3) is 5.91 Å². The van der Waals surface area contributed by atoms with Gasteiger partial charge in [-0.05, 0) is 22.6 Å². The molecule has 116 valence electrons. The highest BCUT2D eigenvalue weighted by atomic mass is 16.3. The van der Waals surface area contributed by atoms with Crippen molar-refractivity contribution in [2.24, 2.45) is 0 Å². The number of hydrogen-bond donors (Lipinski definition) is 2. The average Bonchev–Trinajstić information content (AvgIpc) is 2.52. The van der Waals surface area contributed by atoms with Crippen molar-refractivity contribution in [3.8, 4) is 0 Å². The summed E-state index contributed by atoms with van der Waals surface area (Å²) in [5, 5.41) is 20.1. The number of carbonyl (C=O) groups is 1. The van der Waals surface area contributed by atoms with Crippen molar-refractivity contribution in [3.05, 3.63) is 59.4 Å². The van der Waals surface area contributed by atoms with E-state index in [0.717, 1.165) is 5.56 Å². The van der Waals surface area contributed by atoms with Crippen LogP contribution in [0, 0.1) is 0 Å². The molecule has 1 heterocycles. The van der Waals surface area contributed by atoms with Crippen LogP contribution in [0.3, 0.4) is 0 Å². The van der Waals surface area contributed by atoms with Crippen LogP contribution in [0.2, 0.25) is 0 Å². The summed E-state index contributed by atoms with van der Waals surface area (Å²) in [5.41, 5.74) is 2.48. The monoisotopic (exact) mass is 299 g/mol. The Hall–Kier alpha value is -2.27. The van der Waals surface area contributed by atoms with Crippen LogP contribution in [0.25, 0.3) is 0 Å². The van der Waals surface area contributed by atoms with E-state index in [2.05, 4.69) is 36.3 Å². The molecule has 1 amide bonds. The van der Waals surface area contributed by atoms with Crippen molar-refractivity contribution >= 4 is 5.91 Å². The van der Waals surface area contributed by atoms with Crippen LogP contribution in [0.1, 0.15) is 48.4 Å². The lowest BCUT2D eigenvalue weighted by Crippen LogP contribution is -2.28. The van der Waals surface area contributed by atoms with Crippen molar-refractivity contribution in [3.63, 3.8) is 0 Å². The van der Waals surface area contributed by atoms with Gasteiger partial charge in [-0.25, -0.2) is 0 Å². The largest absolute Gasteiger partial charge is 0.387 e. The number of carbonyl (C=O) groups excluding carboxylic acids is 1. The molecule has 0 fully saturated rings. The Bertz CT molecular complexity index is 619. The van der Waals surface area contributed by atoms with E-state index in [1.54, 1.807) is 6.07 Å². The van der Waals surface area contributed by atoms with Gasteiger partial charge in [0.2, 0.25) is 0 Å². The van der Waals surface area contributed by atoms with Crippen LogP contribution in [0.5, 0.6) is 0 Å². The molecule has 2 aromatic rings. The fourth-order valence-corrected chi connectivity index (χ4v) is 2.04. The standard InChI is InChI=1S/C17H21N3O2/c1-17(2,3)14-6-4-12(5-7-14)15(21)11-18-16(22)13-8-9-19-20-10-13/h4-10,15,21H,11H2,1-3H3,(H,18,22). The van der Waals surface area contributed by atoms with E-state index < -0.39 is 6.10 Å². The Morgan fingerprint density at radius 3 is 2.41 bits per heavy atom. The molecule has 0 aliphatic heterocycles. The zero-order chi connectivity index (χ0) is 16.2. The topological polar surface area (TPSA) is 75.1 Å². The van der Waals surface area contributed by atoms with E-state index in [4.69, 9.17) is 0 Å². The maximum Gasteiger partial charge on any atom is 0.253 e. The van der Waals surface area contributed by atoms with Gasteiger partial charge in [-0.15, -0.1) is 0 Å². The highest BCUT2D eigenvalue weighted by Crippen LogP contribution is 2.23. The third-order valence-electron chi connectivity index (χ3n) is 3.46. The zero-order valence-electron chi connectivity index (χ0n) is 13.1. The van der Waals surface area contributed by atoms with E-state index in [0.29, 0.717) is 5.56 Å². The summed E-state index contributed by atoms with van der Waals surface area (Å²) in [6, 6.07) is 9.38. The Morgan fingerprint density at radius 1 is 1.18 bits per heavy atom. The molecule has 0 bridgehead atoms. The molecule has 0 saturated carbocycles. The number of hydrogen-bond acceptors (Lipinski definition) is 4. The molecule has 22 heavy (non-hydrogen) atoms. The van der Waals surface area contributed by atoms with Gasteiger partial charge in [-0.1, -0.05) is 45.0 Å². The number of aliphatic hydroxyl groups excluding tert-OH is 1. The van der Waals surface area contributed by atoms with Gasteiger partial charge in [0.05, 0.1) is 24.1 Å². The first-order valence-electron chi connectivity index (χ1n) is 7.21. The molecular formula is C17H21N3O2. The summed E-state index contributed by atoms with van der Waals surface area (Å²) in [5.74, 6) is -0.278. The lowest BCUT2D eigenvalue weighted by atomic mass is 9.86. The predicted octanol–water partition coefficient (Wildman–Crippen LogP) is 2.24. The third kappa shape index (κ3) is 4.11. The molecular weight excluding hydrogens is 278 g/mol. The van der Waals surface area contributed by atoms with E-state index in [-0.39, 0.29) is 17.9 Å². The summed E-state index contributed by atoms with van der Waals surface area (Å²) in [6.07, 6.45) is 2.10. The Balaban J connectivity index is 1.95. The number of nitrogens with zero attached hydrogens (tertiary/aromatic N) is 2. The number of aliphatic hydroxyl groups is 1. The Morgan fingerprint density at radius 2 is 1.86 bits per heavy atom. The van der Waals surface area contributed by atoms with Gasteiger partial charge in [0.1, 0.15) is 0 Å². The van der Waals surface area contributed by atoms with Crippen LogP contribution in [-0.2, 0) is 5.41 Å². The second-order valence-electron chi connectivity index (χ2n) is 6.23. The summed E-state index contributed by atoms with van der Waals surface area (Å²) in [4.78, 5) is 11.9. The van der Waals surface area contributed by atoms with Gasteiger partial charge in [0.15, 0.2) is 0 Å². The molecule has 0 radical (unpaired) electrons. The molecule has 1 aromatic heterocycles. The molecule has 0 spiro atoms. The predicted molar refractivity (Wildman–Crippen MR) is 84.5 cm³/mol. The molecule has 1 atom stereocenters. The normalized spacial score (nSPS) is 12.7. The van der Waals surface area contributed by atoms with Crippen LogP contribution in [-0.4, -0.2) is 27.8 Å². The molecule has 0 aliphatic carbocycles. The summed E-state index contributed by atoms with van der Waals surface area (Å²) >= 11 is 0. The smallest absolute Gasteiger partial charge is 0.253 e. The van der Waals surface area contributed by atoms with Crippen molar-refractivity contribution in [2.75, 3.05) is 6.54 Å². The second-order valence-corrected chi connectivity index (χ2v) is 6.23. The number of rotatable bonds is 4. The summed E-state index contributed by atoms with van der Waals surface area (Å²) in [6.45, 7) is 6.57. The van der Waals surface area contributed by atoms with Crippen LogP contribution >= 0.6 is 0 Å². The number of amides is 1. The molecule has 2 rings (SSSR count). The minimum absolute atomic E-state index is 0.0754. The van der Waals surface area contributed by atoms with Crippen molar-refractivity contribution in [1.29, 1.82) is 0 Å². The quantitative estimate of drug-likeness (QED) is 0.908. The molecule has 5 heteroatoms. The van der Waals surface area contributed by atoms with Crippen molar-refractivity contribution in [1.82, 2.24) is 15.5 Å². The molecule has 5 nitrogen and oxygen atoms in total. The molecule has 1 unspecified atom stereocenters. The Labute approximate surface area is 130 Å². The molecule has 0 aliphatic rings. The van der Waals surface area contributed by atoms with E-state index in [1.165, 1.54) is 18.0 Å². The van der Waals surface area contributed by atoms with E-state index in [1.807, 2.05) is 24.3 Å². The van der Waals surface area contributed by atoms with Gasteiger partial charge in [0, 0.05) is 6.54 Å². The molecule has 0 saturated heterocycles.